The Labute approximate surface area is 111 Å². The van der Waals surface area contributed by atoms with Gasteiger partial charge in [0, 0.05) is 4.47 Å². The highest BCUT2D eigenvalue weighted by Crippen LogP contribution is 2.34. The van der Waals surface area contributed by atoms with Crippen LogP contribution in [0, 0.1) is 0 Å². The zero-order valence-corrected chi connectivity index (χ0v) is 10.7. The fourth-order valence-electron chi connectivity index (χ4n) is 1.12. The van der Waals surface area contributed by atoms with Gasteiger partial charge in [-0.15, -0.1) is 0 Å². The van der Waals surface area contributed by atoms with E-state index in [1.54, 1.807) is 30.3 Å². The second-order valence-electron chi connectivity index (χ2n) is 3.31. The Morgan fingerprint density at radius 2 is 1.33 bits per heavy atom. The Hall–Kier alpha value is -1.49. The highest BCUT2D eigenvalue weighted by Gasteiger charge is 2.32. The first-order valence-corrected chi connectivity index (χ1v) is 5.76. The average Bonchev–Trinajstić information content (AvgIpc) is 2.30. The molecule has 2 rings (SSSR count). The summed E-state index contributed by atoms with van der Waals surface area (Å²) in [6.07, 6.45) is -4.26. The van der Waals surface area contributed by atoms with Crippen molar-refractivity contribution in [3.63, 3.8) is 0 Å². The van der Waals surface area contributed by atoms with Gasteiger partial charge < -0.3 is 5.11 Å². The second-order valence-corrected chi connectivity index (χ2v) is 4.17. The van der Waals surface area contributed by atoms with Crippen LogP contribution in [0.5, 0.6) is 5.75 Å². The molecule has 96 valence electrons. The number of phenolic OH excluding ortho intramolecular Hbond substituents is 1. The van der Waals surface area contributed by atoms with Crippen molar-refractivity contribution in [1.29, 1.82) is 0 Å². The first kappa shape index (κ1) is 14.6. The number of rotatable bonds is 0. The molecule has 0 unspecified atom stereocenters. The van der Waals surface area contributed by atoms with Crippen LogP contribution in [0.25, 0.3) is 0 Å². The fraction of sp³-hybridized carbons (Fsp3) is 0.0769. The van der Waals surface area contributed by atoms with Crippen molar-refractivity contribution in [2.24, 2.45) is 0 Å². The van der Waals surface area contributed by atoms with Crippen LogP contribution in [0.15, 0.2) is 59.1 Å². The Kier molecular flexibility index (Phi) is 5.22. The zero-order valence-electron chi connectivity index (χ0n) is 9.16. The molecule has 1 nitrogen and oxygen atoms in total. The van der Waals surface area contributed by atoms with E-state index in [0.29, 0.717) is 5.75 Å². The molecule has 0 aliphatic carbocycles. The number of phenols is 1. The van der Waals surface area contributed by atoms with Crippen molar-refractivity contribution in [3.8, 4) is 5.75 Å². The lowest BCUT2D eigenvalue weighted by atomic mass is 10.2. The number of hydrogen-bond donors (Lipinski definition) is 1. The molecule has 0 bridgehead atoms. The number of para-hydroxylation sites is 1. The minimum absolute atomic E-state index is 0.0764. The molecule has 5 heteroatoms. The predicted molar refractivity (Wildman–Crippen MR) is 67.3 cm³/mol. The van der Waals surface area contributed by atoms with E-state index in [4.69, 9.17) is 5.11 Å². The molecule has 2 aromatic carbocycles. The van der Waals surface area contributed by atoms with Gasteiger partial charge in [-0.2, -0.15) is 13.2 Å². The molecule has 0 spiro atoms. The van der Waals surface area contributed by atoms with Crippen molar-refractivity contribution in [2.45, 2.75) is 6.18 Å². The molecule has 0 saturated heterocycles. The van der Waals surface area contributed by atoms with Crippen LogP contribution in [0.2, 0.25) is 0 Å². The summed E-state index contributed by atoms with van der Waals surface area (Å²) in [6, 6.07) is 14.0. The van der Waals surface area contributed by atoms with Gasteiger partial charge in [-0.25, -0.2) is 0 Å². The van der Waals surface area contributed by atoms with Crippen LogP contribution >= 0.6 is 15.9 Å². The highest BCUT2D eigenvalue weighted by molar-refractivity contribution is 9.10. The van der Waals surface area contributed by atoms with Gasteiger partial charge in [0.25, 0.3) is 0 Å². The van der Waals surface area contributed by atoms with Gasteiger partial charge >= 0.3 is 6.18 Å². The quantitative estimate of drug-likeness (QED) is 0.735. The Morgan fingerprint density at radius 1 is 0.833 bits per heavy atom. The first-order valence-electron chi connectivity index (χ1n) is 4.97. The van der Waals surface area contributed by atoms with Gasteiger partial charge in [0.15, 0.2) is 0 Å². The van der Waals surface area contributed by atoms with Crippen LogP contribution in [0.3, 0.4) is 0 Å². The summed E-state index contributed by atoms with van der Waals surface area (Å²) in [5.74, 6) is 0.322. The van der Waals surface area contributed by atoms with Crippen molar-refractivity contribution >= 4 is 15.9 Å². The summed E-state index contributed by atoms with van der Waals surface area (Å²) in [5.41, 5.74) is -0.639. The van der Waals surface area contributed by atoms with Gasteiger partial charge in [-0.3, -0.25) is 0 Å². The van der Waals surface area contributed by atoms with E-state index in [-0.39, 0.29) is 4.47 Å². The van der Waals surface area contributed by atoms with Gasteiger partial charge in [-0.05, 0) is 24.3 Å². The van der Waals surface area contributed by atoms with Crippen LogP contribution in [-0.2, 0) is 6.18 Å². The molecule has 0 aromatic heterocycles. The molecule has 18 heavy (non-hydrogen) atoms. The molecule has 0 radical (unpaired) electrons. The molecule has 0 saturated carbocycles. The number of benzene rings is 2. The lowest BCUT2D eigenvalue weighted by Crippen LogP contribution is -2.05. The van der Waals surface area contributed by atoms with E-state index in [2.05, 4.69) is 15.9 Å². The molecule has 0 aliphatic heterocycles. The number of hydrogen-bond acceptors (Lipinski definition) is 1. The first-order chi connectivity index (χ1) is 8.41. The Morgan fingerprint density at radius 3 is 1.67 bits per heavy atom. The number of halogens is 4. The molecular formula is C13H10BrF3O. The van der Waals surface area contributed by atoms with E-state index < -0.39 is 11.7 Å². The standard InChI is InChI=1S/C7H4BrF3.C6H6O/c8-6-4-2-1-3-5(6)7(9,10)11;7-6-4-2-1-3-5-6/h1-4H;1-5,7H. The average molecular weight is 319 g/mol. The van der Waals surface area contributed by atoms with Crippen LogP contribution in [0.4, 0.5) is 13.2 Å². The maximum Gasteiger partial charge on any atom is 0.417 e. The highest BCUT2D eigenvalue weighted by atomic mass is 79.9. The summed E-state index contributed by atoms with van der Waals surface area (Å²) in [7, 11) is 0. The Balaban J connectivity index is 0.000000199. The van der Waals surface area contributed by atoms with Crippen molar-refractivity contribution < 1.29 is 18.3 Å². The minimum atomic E-state index is -4.26. The molecule has 0 amide bonds. The van der Waals surface area contributed by atoms with Gasteiger partial charge in [0.05, 0.1) is 5.56 Å². The SMILES string of the molecule is FC(F)(F)c1ccccc1Br.Oc1ccccc1. The molecule has 0 atom stereocenters. The molecule has 1 N–H and O–H groups in total. The maximum atomic E-state index is 12.0. The van der Waals surface area contributed by atoms with Gasteiger partial charge in [0.1, 0.15) is 5.75 Å². The topological polar surface area (TPSA) is 20.2 Å². The van der Waals surface area contributed by atoms with Gasteiger partial charge in [-0.1, -0.05) is 46.3 Å². The third-order valence-corrected chi connectivity index (χ3v) is 2.63. The van der Waals surface area contributed by atoms with Crippen molar-refractivity contribution in [3.05, 3.63) is 64.6 Å². The third kappa shape index (κ3) is 4.79. The van der Waals surface area contributed by atoms with Crippen LogP contribution in [0.1, 0.15) is 5.56 Å². The van der Waals surface area contributed by atoms with Gasteiger partial charge in [0.2, 0.25) is 0 Å². The van der Waals surface area contributed by atoms with Crippen LogP contribution < -0.4 is 0 Å². The molecular weight excluding hydrogens is 309 g/mol. The van der Waals surface area contributed by atoms with E-state index in [1.165, 1.54) is 12.1 Å². The van der Waals surface area contributed by atoms with E-state index in [1.807, 2.05) is 6.07 Å². The van der Waals surface area contributed by atoms with Crippen molar-refractivity contribution in [2.75, 3.05) is 0 Å². The van der Waals surface area contributed by atoms with E-state index in [0.717, 1.165) is 6.07 Å². The van der Waals surface area contributed by atoms with E-state index >= 15 is 0 Å². The summed E-state index contributed by atoms with van der Waals surface area (Å²) in [5, 5.41) is 8.63. The third-order valence-electron chi connectivity index (χ3n) is 1.94. The molecule has 0 fully saturated rings. The summed E-state index contributed by atoms with van der Waals surface area (Å²) < 4.78 is 36.1. The summed E-state index contributed by atoms with van der Waals surface area (Å²) >= 11 is 2.81. The predicted octanol–water partition coefficient (Wildman–Crippen LogP) is 4.86. The lowest BCUT2D eigenvalue weighted by Gasteiger charge is -2.07. The normalized spacial score (nSPS) is 10.4. The summed E-state index contributed by atoms with van der Waals surface area (Å²) in [4.78, 5) is 0. The monoisotopic (exact) mass is 318 g/mol. The lowest BCUT2D eigenvalue weighted by molar-refractivity contribution is -0.138. The molecule has 0 aliphatic rings. The summed E-state index contributed by atoms with van der Waals surface area (Å²) in [6.45, 7) is 0. The largest absolute Gasteiger partial charge is 0.508 e. The molecule has 0 heterocycles. The maximum absolute atomic E-state index is 12.0. The fourth-order valence-corrected chi connectivity index (χ4v) is 1.63. The second kappa shape index (κ2) is 6.44. The zero-order chi connectivity index (χ0) is 13.6. The Bertz CT molecular complexity index is 483. The van der Waals surface area contributed by atoms with E-state index in [9.17, 15) is 13.2 Å². The minimum Gasteiger partial charge on any atom is -0.508 e. The smallest absolute Gasteiger partial charge is 0.417 e. The molecule has 2 aromatic rings. The van der Waals surface area contributed by atoms with Crippen LogP contribution in [-0.4, -0.2) is 5.11 Å². The number of aromatic hydroxyl groups is 1. The van der Waals surface area contributed by atoms with Crippen molar-refractivity contribution in [1.82, 2.24) is 0 Å². The number of alkyl halides is 3.